The van der Waals surface area contributed by atoms with Crippen LogP contribution in [0.15, 0.2) is 20.1 Å². The van der Waals surface area contributed by atoms with Gasteiger partial charge in [0.25, 0.3) is 10.0 Å². The van der Waals surface area contributed by atoms with Gasteiger partial charge in [-0.3, -0.25) is 4.79 Å². The van der Waals surface area contributed by atoms with Crippen LogP contribution in [0.1, 0.15) is 12.8 Å². The van der Waals surface area contributed by atoms with Gasteiger partial charge in [0.1, 0.15) is 4.21 Å². The quantitative estimate of drug-likeness (QED) is 0.736. The molecule has 2 rings (SSSR count). The summed E-state index contributed by atoms with van der Waals surface area (Å²) in [5.41, 5.74) is 5.36. The number of hydrogen-bond donors (Lipinski definition) is 2. The molecule has 1 atom stereocenters. The smallest absolute Gasteiger partial charge is 0.252 e. The molecule has 1 saturated heterocycles. The molecule has 1 aromatic rings. The Hall–Kier alpha value is -0.190. The highest BCUT2D eigenvalue weighted by Gasteiger charge is 2.33. The van der Waals surface area contributed by atoms with Crippen molar-refractivity contribution in [2.45, 2.75) is 17.1 Å². The second kappa shape index (κ2) is 8.60. The second-order valence-corrected chi connectivity index (χ2v) is 9.47. The summed E-state index contributed by atoms with van der Waals surface area (Å²) in [6.07, 6.45) is 1.39. The highest BCUT2D eigenvalue weighted by molar-refractivity contribution is 9.11. The van der Waals surface area contributed by atoms with Crippen molar-refractivity contribution in [3.63, 3.8) is 0 Å². The Labute approximate surface area is 149 Å². The van der Waals surface area contributed by atoms with E-state index in [9.17, 15) is 13.2 Å². The van der Waals surface area contributed by atoms with E-state index in [4.69, 9.17) is 5.73 Å². The maximum Gasteiger partial charge on any atom is 0.252 e. The van der Waals surface area contributed by atoms with Crippen LogP contribution >= 0.6 is 39.7 Å². The van der Waals surface area contributed by atoms with Gasteiger partial charge in [-0.25, -0.2) is 8.42 Å². The van der Waals surface area contributed by atoms with E-state index in [0.29, 0.717) is 36.7 Å². The van der Waals surface area contributed by atoms with E-state index in [1.165, 1.54) is 15.6 Å². The third-order valence-electron chi connectivity index (χ3n) is 3.34. The molecule has 1 aromatic heterocycles. The molecule has 1 unspecified atom stereocenters. The van der Waals surface area contributed by atoms with Crippen LogP contribution in [0.3, 0.4) is 0 Å². The molecule has 1 aliphatic heterocycles. The summed E-state index contributed by atoms with van der Waals surface area (Å²) in [7, 11) is -3.51. The van der Waals surface area contributed by atoms with Crippen LogP contribution < -0.4 is 11.1 Å². The topological polar surface area (TPSA) is 92.5 Å². The number of hydrogen-bond acceptors (Lipinski definition) is 5. The van der Waals surface area contributed by atoms with E-state index in [2.05, 4.69) is 21.2 Å². The van der Waals surface area contributed by atoms with Crippen LogP contribution in [0.25, 0.3) is 0 Å². The summed E-state index contributed by atoms with van der Waals surface area (Å²) in [5, 5.41) is 2.73. The number of nitrogens with zero attached hydrogens (tertiary/aromatic N) is 1. The van der Waals surface area contributed by atoms with Gasteiger partial charge in [-0.1, -0.05) is 0 Å². The van der Waals surface area contributed by atoms with E-state index in [1.54, 1.807) is 12.1 Å². The van der Waals surface area contributed by atoms with E-state index < -0.39 is 10.0 Å². The van der Waals surface area contributed by atoms with Crippen molar-refractivity contribution in [1.82, 2.24) is 9.62 Å². The van der Waals surface area contributed by atoms with Crippen LogP contribution in [0.4, 0.5) is 0 Å². The first kappa shape index (κ1) is 19.9. The van der Waals surface area contributed by atoms with Crippen molar-refractivity contribution in [3.05, 3.63) is 15.9 Å². The number of thiophene rings is 1. The molecule has 1 fully saturated rings. The highest BCUT2D eigenvalue weighted by Crippen LogP contribution is 2.30. The van der Waals surface area contributed by atoms with Crippen molar-refractivity contribution in [2.24, 2.45) is 11.7 Å². The van der Waals surface area contributed by atoms with Gasteiger partial charge in [0, 0.05) is 26.2 Å². The molecule has 126 valence electrons. The molecule has 1 amide bonds. The molecule has 0 radical (unpaired) electrons. The van der Waals surface area contributed by atoms with Gasteiger partial charge < -0.3 is 11.1 Å². The monoisotopic (exact) mass is 431 g/mol. The lowest BCUT2D eigenvalue weighted by Crippen LogP contribution is -2.45. The normalized spacial score (nSPS) is 19.5. The van der Waals surface area contributed by atoms with Crippen LogP contribution in [-0.4, -0.2) is 44.8 Å². The van der Waals surface area contributed by atoms with Crippen LogP contribution in [-0.2, 0) is 14.8 Å². The van der Waals surface area contributed by atoms with Crippen LogP contribution in [0, 0.1) is 5.92 Å². The Morgan fingerprint density at radius 3 is 2.82 bits per heavy atom. The van der Waals surface area contributed by atoms with Crippen molar-refractivity contribution < 1.29 is 13.2 Å². The fourth-order valence-corrected chi connectivity index (χ4v) is 5.97. The minimum absolute atomic E-state index is 0. The molecular weight excluding hydrogens is 414 g/mol. The molecular formula is C12H19BrClN3O3S2. The van der Waals surface area contributed by atoms with Gasteiger partial charge in [0.2, 0.25) is 5.91 Å². The summed E-state index contributed by atoms with van der Waals surface area (Å²) in [5.74, 6) is -0.420. The fourth-order valence-electron chi connectivity index (χ4n) is 2.28. The molecule has 6 nitrogen and oxygen atoms in total. The number of rotatable bonds is 5. The number of carbonyl (C=O) groups excluding carboxylic acids is 1. The lowest BCUT2D eigenvalue weighted by atomic mass is 9.99. The van der Waals surface area contributed by atoms with Gasteiger partial charge in [0.15, 0.2) is 0 Å². The van der Waals surface area contributed by atoms with Crippen molar-refractivity contribution in [2.75, 3.05) is 26.2 Å². The molecule has 0 spiro atoms. The summed E-state index contributed by atoms with van der Waals surface area (Å²) in [6.45, 7) is 1.48. The number of nitrogens with one attached hydrogen (secondary N) is 1. The number of nitrogens with two attached hydrogens (primary N) is 1. The lowest BCUT2D eigenvalue weighted by molar-refractivity contribution is -0.126. The zero-order valence-electron chi connectivity index (χ0n) is 11.8. The molecule has 2 heterocycles. The second-order valence-electron chi connectivity index (χ2n) is 4.84. The minimum Gasteiger partial charge on any atom is -0.355 e. The third kappa shape index (κ3) is 4.65. The van der Waals surface area contributed by atoms with E-state index >= 15 is 0 Å². The molecule has 1 aliphatic rings. The third-order valence-corrected chi connectivity index (χ3v) is 7.30. The van der Waals surface area contributed by atoms with Gasteiger partial charge in [0.05, 0.1) is 9.70 Å². The Bertz CT molecular complexity index is 609. The summed E-state index contributed by atoms with van der Waals surface area (Å²) in [4.78, 5) is 12.0. The Kier molecular flexibility index (Phi) is 7.76. The number of piperidine rings is 1. The van der Waals surface area contributed by atoms with Crippen molar-refractivity contribution in [1.29, 1.82) is 0 Å². The number of sulfonamides is 1. The summed E-state index contributed by atoms with van der Waals surface area (Å²) < 4.78 is 27.6. The predicted octanol–water partition coefficient (Wildman–Crippen LogP) is 1.41. The fraction of sp³-hybridized carbons (Fsp3) is 0.583. The average molecular weight is 433 g/mol. The van der Waals surface area contributed by atoms with Crippen molar-refractivity contribution in [3.8, 4) is 0 Å². The highest BCUT2D eigenvalue weighted by atomic mass is 79.9. The number of halogens is 2. The minimum atomic E-state index is -3.51. The first-order valence-electron chi connectivity index (χ1n) is 6.68. The van der Waals surface area contributed by atoms with E-state index in [1.807, 2.05) is 0 Å². The summed E-state index contributed by atoms with van der Waals surface area (Å²) >= 11 is 4.45. The van der Waals surface area contributed by atoms with E-state index in [-0.39, 0.29) is 30.8 Å². The van der Waals surface area contributed by atoms with Gasteiger partial charge in [-0.15, -0.1) is 23.7 Å². The standard InChI is InChI=1S/C12H18BrN3O3S2.ClH/c13-10-3-4-11(20-10)21(18,19)16-7-1-2-9(8-16)12(17)15-6-5-14;/h3-4,9H,1-2,5-8,14H2,(H,15,17);1H. The van der Waals surface area contributed by atoms with Crippen LogP contribution in [0.5, 0.6) is 0 Å². The largest absolute Gasteiger partial charge is 0.355 e. The Morgan fingerprint density at radius 1 is 1.50 bits per heavy atom. The number of carbonyl (C=O) groups is 1. The zero-order valence-corrected chi connectivity index (χ0v) is 15.9. The van der Waals surface area contributed by atoms with Crippen molar-refractivity contribution >= 4 is 55.6 Å². The first-order chi connectivity index (χ1) is 9.95. The van der Waals surface area contributed by atoms with Crippen LogP contribution in [0.2, 0.25) is 0 Å². The van der Waals surface area contributed by atoms with Gasteiger partial charge in [-0.2, -0.15) is 4.31 Å². The molecule has 22 heavy (non-hydrogen) atoms. The van der Waals surface area contributed by atoms with Gasteiger partial charge in [-0.05, 0) is 40.9 Å². The Balaban J connectivity index is 0.00000242. The predicted molar refractivity (Wildman–Crippen MR) is 92.8 cm³/mol. The maximum atomic E-state index is 12.5. The van der Waals surface area contributed by atoms with E-state index in [0.717, 1.165) is 3.79 Å². The van der Waals surface area contributed by atoms with Gasteiger partial charge >= 0.3 is 0 Å². The molecule has 0 bridgehead atoms. The molecule has 0 aliphatic carbocycles. The molecule has 0 aromatic carbocycles. The molecule has 10 heteroatoms. The number of amides is 1. The first-order valence-corrected chi connectivity index (χ1v) is 9.73. The molecule has 3 N–H and O–H groups in total. The SMILES string of the molecule is Cl.NCCNC(=O)C1CCCN(S(=O)(=O)c2ccc(Br)s2)C1. The average Bonchev–Trinajstić information content (AvgIpc) is 2.92. The maximum absolute atomic E-state index is 12.5. The lowest BCUT2D eigenvalue weighted by Gasteiger charge is -2.30. The zero-order chi connectivity index (χ0) is 15.5. The molecule has 0 saturated carbocycles. The summed E-state index contributed by atoms with van der Waals surface area (Å²) in [6, 6.07) is 3.30. The Morgan fingerprint density at radius 2 is 2.23 bits per heavy atom.